The van der Waals surface area contributed by atoms with Crippen LogP contribution in [0.25, 0.3) is 0 Å². The van der Waals surface area contributed by atoms with Gasteiger partial charge < -0.3 is 9.84 Å². The van der Waals surface area contributed by atoms with Crippen LogP contribution in [0.15, 0.2) is 0 Å². The first kappa shape index (κ1) is 27.2. The molecule has 26 heavy (non-hydrogen) atoms. The predicted molar refractivity (Wildman–Crippen MR) is 109 cm³/mol. The van der Waals surface area contributed by atoms with Gasteiger partial charge in [-0.15, -0.1) is 0 Å². The minimum absolute atomic E-state index is 0.00494. The van der Waals surface area contributed by atoms with Gasteiger partial charge >= 0.3 is 11.9 Å². The van der Waals surface area contributed by atoms with Crippen molar-refractivity contribution in [1.82, 2.24) is 0 Å². The number of esters is 1. The maximum absolute atomic E-state index is 11.3. The molecule has 0 fully saturated rings. The van der Waals surface area contributed by atoms with Crippen LogP contribution in [-0.2, 0) is 14.3 Å². The van der Waals surface area contributed by atoms with Crippen molar-refractivity contribution in [2.75, 3.05) is 6.61 Å². The molecule has 0 aliphatic rings. The number of aliphatic carboxylic acids is 1. The van der Waals surface area contributed by atoms with E-state index in [-0.39, 0.29) is 5.97 Å². The van der Waals surface area contributed by atoms with Gasteiger partial charge in [-0.05, 0) is 19.3 Å². The molecule has 0 aromatic rings. The van der Waals surface area contributed by atoms with Crippen LogP contribution in [0.2, 0.25) is 0 Å². The molecule has 0 saturated heterocycles. The van der Waals surface area contributed by atoms with Crippen LogP contribution in [0.3, 0.4) is 0 Å². The van der Waals surface area contributed by atoms with Gasteiger partial charge in [-0.3, -0.25) is 9.59 Å². The van der Waals surface area contributed by atoms with Crippen molar-refractivity contribution in [2.24, 2.45) is 0 Å². The zero-order chi connectivity index (χ0) is 19.9. The normalized spacial score (nSPS) is 10.1. The zero-order valence-corrected chi connectivity index (χ0v) is 17.7. The second-order valence-electron chi connectivity index (χ2n) is 7.00. The summed E-state index contributed by atoms with van der Waals surface area (Å²) >= 11 is 0. The van der Waals surface area contributed by atoms with Crippen LogP contribution in [0, 0.1) is 0 Å². The lowest BCUT2D eigenvalue weighted by Crippen LogP contribution is -2.05. The molecule has 0 heterocycles. The van der Waals surface area contributed by atoms with Crippen molar-refractivity contribution in [3.05, 3.63) is 0 Å². The van der Waals surface area contributed by atoms with Crippen LogP contribution in [0.5, 0.6) is 0 Å². The molecule has 156 valence electrons. The third-order valence-corrected chi connectivity index (χ3v) is 4.24. The van der Waals surface area contributed by atoms with E-state index in [1.807, 2.05) is 0 Å². The number of ether oxygens (including phenoxy) is 1. The molecule has 0 spiro atoms. The van der Waals surface area contributed by atoms with E-state index in [1.165, 1.54) is 51.4 Å². The van der Waals surface area contributed by atoms with E-state index in [1.54, 1.807) is 0 Å². The van der Waals surface area contributed by atoms with Crippen molar-refractivity contribution in [1.29, 1.82) is 0 Å². The highest BCUT2D eigenvalue weighted by atomic mass is 16.5. The number of unbranched alkanes of at least 4 members (excludes halogenated alkanes) is 11. The molecular formula is C22H44O4. The van der Waals surface area contributed by atoms with E-state index < -0.39 is 5.97 Å². The second-order valence-corrected chi connectivity index (χ2v) is 7.00. The summed E-state index contributed by atoms with van der Waals surface area (Å²) in [7, 11) is 0. The van der Waals surface area contributed by atoms with Crippen molar-refractivity contribution in [2.45, 2.75) is 124 Å². The molecule has 1 N–H and O–H groups in total. The van der Waals surface area contributed by atoms with E-state index in [2.05, 4.69) is 20.8 Å². The van der Waals surface area contributed by atoms with E-state index >= 15 is 0 Å². The van der Waals surface area contributed by atoms with Crippen LogP contribution in [0.1, 0.15) is 124 Å². The molecular weight excluding hydrogens is 328 g/mol. The molecule has 0 aliphatic carbocycles. The number of carboxylic acid groups (broad SMARTS) is 1. The first-order valence-electron chi connectivity index (χ1n) is 11.0. The van der Waals surface area contributed by atoms with Gasteiger partial charge in [0.1, 0.15) is 0 Å². The Labute approximate surface area is 162 Å². The van der Waals surface area contributed by atoms with E-state index in [4.69, 9.17) is 9.84 Å². The van der Waals surface area contributed by atoms with Gasteiger partial charge in [-0.1, -0.05) is 91.4 Å². The summed E-state index contributed by atoms with van der Waals surface area (Å²) in [6.07, 6.45) is 17.2. The summed E-state index contributed by atoms with van der Waals surface area (Å²) in [5.74, 6) is -0.680. The SMILES string of the molecule is CCCCCCC(=O)O.CCCCCCCCOC(=O)CCCCCC. The summed E-state index contributed by atoms with van der Waals surface area (Å²) in [5.41, 5.74) is 0. The highest BCUT2D eigenvalue weighted by molar-refractivity contribution is 5.69. The summed E-state index contributed by atoms with van der Waals surface area (Å²) in [4.78, 5) is 21.3. The Morgan fingerprint density at radius 3 is 1.54 bits per heavy atom. The highest BCUT2D eigenvalue weighted by Gasteiger charge is 2.01. The molecule has 4 heteroatoms. The largest absolute Gasteiger partial charge is 0.481 e. The van der Waals surface area contributed by atoms with E-state index in [0.29, 0.717) is 19.4 Å². The Hall–Kier alpha value is -1.06. The molecule has 0 saturated carbocycles. The first-order valence-corrected chi connectivity index (χ1v) is 11.0. The van der Waals surface area contributed by atoms with E-state index in [9.17, 15) is 9.59 Å². The summed E-state index contributed by atoms with van der Waals surface area (Å²) in [5, 5.41) is 8.21. The van der Waals surface area contributed by atoms with Gasteiger partial charge in [0, 0.05) is 12.8 Å². The van der Waals surface area contributed by atoms with Gasteiger partial charge in [0.2, 0.25) is 0 Å². The van der Waals surface area contributed by atoms with Crippen LogP contribution in [0.4, 0.5) is 0 Å². The quantitative estimate of drug-likeness (QED) is 0.223. The predicted octanol–water partition coefficient (Wildman–Crippen LogP) is 6.90. The second kappa shape index (κ2) is 23.9. The highest BCUT2D eigenvalue weighted by Crippen LogP contribution is 2.06. The van der Waals surface area contributed by atoms with Gasteiger partial charge in [-0.2, -0.15) is 0 Å². The Morgan fingerprint density at radius 1 is 0.615 bits per heavy atom. The van der Waals surface area contributed by atoms with Gasteiger partial charge in [0.15, 0.2) is 0 Å². The van der Waals surface area contributed by atoms with Crippen molar-refractivity contribution >= 4 is 11.9 Å². The minimum Gasteiger partial charge on any atom is -0.481 e. The van der Waals surface area contributed by atoms with Crippen LogP contribution < -0.4 is 0 Å². The molecule has 0 aliphatic heterocycles. The molecule has 0 amide bonds. The Morgan fingerprint density at radius 2 is 1.04 bits per heavy atom. The maximum Gasteiger partial charge on any atom is 0.305 e. The van der Waals surface area contributed by atoms with Crippen LogP contribution in [-0.4, -0.2) is 23.7 Å². The molecule has 0 unspecified atom stereocenters. The number of hydrogen-bond acceptors (Lipinski definition) is 3. The monoisotopic (exact) mass is 372 g/mol. The summed E-state index contributed by atoms with van der Waals surface area (Å²) in [6, 6.07) is 0. The molecule has 0 atom stereocenters. The third kappa shape index (κ3) is 27.8. The van der Waals surface area contributed by atoms with Crippen molar-refractivity contribution < 1.29 is 19.4 Å². The lowest BCUT2D eigenvalue weighted by molar-refractivity contribution is -0.144. The number of rotatable bonds is 17. The van der Waals surface area contributed by atoms with Gasteiger partial charge in [0.05, 0.1) is 6.61 Å². The minimum atomic E-state index is -0.675. The average molecular weight is 373 g/mol. The zero-order valence-electron chi connectivity index (χ0n) is 17.7. The smallest absolute Gasteiger partial charge is 0.305 e. The van der Waals surface area contributed by atoms with Gasteiger partial charge in [0.25, 0.3) is 0 Å². The fraction of sp³-hybridized carbons (Fsp3) is 0.909. The lowest BCUT2D eigenvalue weighted by Gasteiger charge is -2.04. The Bertz CT molecular complexity index is 303. The Balaban J connectivity index is 0. The van der Waals surface area contributed by atoms with Gasteiger partial charge in [-0.25, -0.2) is 0 Å². The summed E-state index contributed by atoms with van der Waals surface area (Å²) < 4.78 is 5.19. The standard InChI is InChI=1S/C15H30O2.C7H14O2/c1-3-5-7-9-10-12-14-17-15(16)13-11-8-6-4-2;1-2-3-4-5-6-7(8)9/h3-14H2,1-2H3;2-6H2,1H3,(H,8,9). The molecule has 0 rings (SSSR count). The molecule has 0 bridgehead atoms. The number of carboxylic acids is 1. The molecule has 0 aromatic heterocycles. The first-order chi connectivity index (χ1) is 12.6. The topological polar surface area (TPSA) is 63.6 Å². The maximum atomic E-state index is 11.3. The van der Waals surface area contributed by atoms with Crippen molar-refractivity contribution in [3.8, 4) is 0 Å². The fourth-order valence-electron chi connectivity index (χ4n) is 2.54. The average Bonchev–Trinajstić information content (AvgIpc) is 2.62. The number of hydrogen-bond donors (Lipinski definition) is 1. The lowest BCUT2D eigenvalue weighted by atomic mass is 10.1. The molecule has 4 nitrogen and oxygen atoms in total. The Kier molecular flexibility index (Phi) is 25.0. The third-order valence-electron chi connectivity index (χ3n) is 4.24. The summed E-state index contributed by atoms with van der Waals surface area (Å²) in [6.45, 7) is 7.14. The molecule has 0 radical (unpaired) electrons. The number of carbonyl (C=O) groups is 2. The molecule has 0 aromatic carbocycles. The fourth-order valence-corrected chi connectivity index (χ4v) is 2.54. The number of carbonyl (C=O) groups excluding carboxylic acids is 1. The van der Waals surface area contributed by atoms with E-state index in [0.717, 1.165) is 38.5 Å². The van der Waals surface area contributed by atoms with Crippen molar-refractivity contribution in [3.63, 3.8) is 0 Å². The van der Waals surface area contributed by atoms with Crippen LogP contribution >= 0.6 is 0 Å².